The van der Waals surface area contributed by atoms with E-state index in [4.69, 9.17) is 4.98 Å². The minimum atomic E-state index is -0.237. The Bertz CT molecular complexity index is 4460. The van der Waals surface area contributed by atoms with Crippen molar-refractivity contribution in [2.45, 2.75) is 18.3 Å². The molecule has 16 rings (SSSR count). The van der Waals surface area contributed by atoms with Crippen LogP contribution in [-0.4, -0.2) is 9.97 Å². The molecule has 419 valence electrons. The fourth-order valence-electron chi connectivity index (χ4n) is 13.2. The summed E-state index contributed by atoms with van der Waals surface area (Å²) in [6.07, 6.45) is 5.48. The van der Waals surface area contributed by atoms with Crippen molar-refractivity contribution in [2.24, 2.45) is 0 Å². The van der Waals surface area contributed by atoms with E-state index in [2.05, 4.69) is 284 Å². The largest absolute Gasteiger partial charge is 0.305 e. The molecule has 1 spiro atoms. The quantitative estimate of drug-likeness (QED) is 0.128. The third kappa shape index (κ3) is 10.9. The zero-order valence-corrected chi connectivity index (χ0v) is 50.7. The molecule has 0 atom stereocenters. The molecule has 0 amide bonds. The molecule has 0 bridgehead atoms. The molecule has 1 radical (unpaired) electrons. The number of nitrogens with zero attached hydrogens (tertiary/aromatic N) is 2. The molecule has 0 saturated carbocycles. The molecule has 2 aliphatic rings. The van der Waals surface area contributed by atoms with Gasteiger partial charge in [0, 0.05) is 37.9 Å². The van der Waals surface area contributed by atoms with Gasteiger partial charge in [-0.25, -0.2) is 0 Å². The summed E-state index contributed by atoms with van der Waals surface area (Å²) in [5.74, 6) is 0. The van der Waals surface area contributed by atoms with Gasteiger partial charge >= 0.3 is 0 Å². The second kappa shape index (κ2) is 24.5. The van der Waals surface area contributed by atoms with Crippen LogP contribution in [0.1, 0.15) is 22.3 Å². The summed E-state index contributed by atoms with van der Waals surface area (Å²) in [4.78, 5) is 8.93. The van der Waals surface area contributed by atoms with Crippen molar-refractivity contribution in [3.63, 3.8) is 0 Å². The summed E-state index contributed by atoms with van der Waals surface area (Å²) in [5.41, 5.74) is 31.5. The average molecular weight is 1300 g/mol. The van der Waals surface area contributed by atoms with Gasteiger partial charge in [-0.15, -0.1) is 70.8 Å². The van der Waals surface area contributed by atoms with E-state index in [9.17, 15) is 0 Å². The van der Waals surface area contributed by atoms with Crippen LogP contribution in [0.3, 0.4) is 0 Å². The maximum atomic E-state index is 4.71. The molecular formula is C85H58IrN2-2. The van der Waals surface area contributed by atoms with Gasteiger partial charge in [0.05, 0.1) is 0 Å². The normalized spacial score (nSPS) is 12.2. The Morgan fingerprint density at radius 2 is 0.614 bits per heavy atom. The topological polar surface area (TPSA) is 25.8 Å². The molecule has 0 unspecified atom stereocenters. The van der Waals surface area contributed by atoms with Crippen LogP contribution < -0.4 is 0 Å². The van der Waals surface area contributed by atoms with Gasteiger partial charge in [-0.2, -0.15) is 0 Å². The molecule has 12 aromatic carbocycles. The molecule has 0 fully saturated rings. The fourth-order valence-corrected chi connectivity index (χ4v) is 13.2. The molecule has 14 aromatic rings. The average Bonchev–Trinajstić information content (AvgIpc) is 1.57. The number of benzene rings is 12. The van der Waals surface area contributed by atoms with E-state index in [-0.39, 0.29) is 25.5 Å². The Kier molecular flexibility index (Phi) is 15.5. The van der Waals surface area contributed by atoms with Crippen molar-refractivity contribution < 1.29 is 20.1 Å². The molecule has 0 N–H and O–H groups in total. The number of pyridine rings is 2. The van der Waals surface area contributed by atoms with E-state index >= 15 is 0 Å². The van der Waals surface area contributed by atoms with Gasteiger partial charge in [-0.05, 0) is 160 Å². The fraction of sp³-hybridized carbons (Fsp3) is 0.0353. The molecule has 2 nitrogen and oxygen atoms in total. The zero-order chi connectivity index (χ0) is 57.9. The van der Waals surface area contributed by atoms with Crippen LogP contribution in [0.25, 0.3) is 123 Å². The van der Waals surface area contributed by atoms with Crippen molar-refractivity contribution in [2.75, 3.05) is 0 Å². The first kappa shape index (κ1) is 55.5. The maximum absolute atomic E-state index is 4.71. The third-order valence-electron chi connectivity index (χ3n) is 17.6. The van der Waals surface area contributed by atoms with Crippen molar-refractivity contribution >= 4 is 0 Å². The van der Waals surface area contributed by atoms with E-state index in [0.29, 0.717) is 0 Å². The van der Waals surface area contributed by atoms with Crippen LogP contribution >= 0.6 is 0 Å². The Morgan fingerprint density at radius 3 is 1.02 bits per heavy atom. The smallest absolute Gasteiger partial charge is 0.0201 e. The standard InChI is InChI=1S/C74H50N.C11H8N.Ir/c1-3-13-50(14-4-1)52-22-30-56(31-23-52)65-17-7-9-19-67(65)58-34-26-54(27-35-58)60-40-42-69-70-43-41-61(47-72(70)74(71(69)46-60)48-63-39-38-62(45-64(63)49-74)73-21-11-12-44-75-73)55-28-36-59(37-29-55)68-20-10-8-18-66(68)57-32-24-53(25-33-57)51-15-5-2-6-16-51;1-2-6-10(7-3-1)11-8-4-5-9-12-11;/h1-37,39-47H,48-49H2;1-6,8-9H;/q2*-1;. The van der Waals surface area contributed by atoms with E-state index in [0.717, 1.165) is 35.4 Å². The van der Waals surface area contributed by atoms with Gasteiger partial charge in [0.2, 0.25) is 0 Å². The second-order valence-corrected chi connectivity index (χ2v) is 22.7. The summed E-state index contributed by atoms with van der Waals surface area (Å²) < 4.78 is 0. The van der Waals surface area contributed by atoms with Crippen molar-refractivity contribution in [1.29, 1.82) is 0 Å². The summed E-state index contributed by atoms with van der Waals surface area (Å²) in [5, 5.41) is 0. The Balaban J connectivity index is 0.000000467. The maximum Gasteiger partial charge on any atom is 0.0201 e. The van der Waals surface area contributed by atoms with Crippen molar-refractivity contribution in [3.05, 3.63) is 362 Å². The molecule has 0 aliphatic heterocycles. The van der Waals surface area contributed by atoms with E-state index in [1.807, 2.05) is 54.7 Å². The van der Waals surface area contributed by atoms with Crippen LogP contribution in [0, 0.1) is 12.1 Å². The van der Waals surface area contributed by atoms with Gasteiger partial charge in [-0.3, -0.25) is 0 Å². The van der Waals surface area contributed by atoms with Crippen molar-refractivity contribution in [3.8, 4) is 123 Å². The monoisotopic (exact) mass is 1300 g/mol. The number of fused-ring (bicyclic) bond motifs is 6. The first-order valence-electron chi connectivity index (χ1n) is 29.9. The van der Waals surface area contributed by atoms with Crippen LogP contribution in [-0.2, 0) is 38.4 Å². The van der Waals surface area contributed by atoms with Gasteiger partial charge < -0.3 is 9.97 Å². The number of rotatable bonds is 10. The van der Waals surface area contributed by atoms with Gasteiger partial charge in [-0.1, -0.05) is 255 Å². The second-order valence-electron chi connectivity index (χ2n) is 22.7. The molecule has 0 saturated heterocycles. The summed E-state index contributed by atoms with van der Waals surface area (Å²) in [6, 6.07) is 121. The van der Waals surface area contributed by atoms with E-state index in [1.54, 1.807) is 6.20 Å². The van der Waals surface area contributed by atoms with Crippen LogP contribution in [0.5, 0.6) is 0 Å². The first-order valence-corrected chi connectivity index (χ1v) is 29.9. The predicted octanol–water partition coefficient (Wildman–Crippen LogP) is 21.5. The van der Waals surface area contributed by atoms with E-state index < -0.39 is 0 Å². The third-order valence-corrected chi connectivity index (χ3v) is 17.6. The molecule has 88 heavy (non-hydrogen) atoms. The SMILES string of the molecule is [Ir].[c-]1cc2c(cc1-c1ccccn1)CC1(C2)c2cc(-c3ccc(-c4ccccc4-c4ccc(-c5ccccc5)cc4)cc3)ccc2-c2ccc(-c3ccc(-c4ccccc4-c4ccc(-c5ccccc5)cc4)cc3)cc21.[c-]1ccccc1-c1ccccn1. The molecule has 2 aliphatic carbocycles. The summed E-state index contributed by atoms with van der Waals surface area (Å²) in [7, 11) is 0. The molecule has 3 heteroatoms. The number of hydrogen-bond donors (Lipinski definition) is 0. The summed E-state index contributed by atoms with van der Waals surface area (Å²) in [6.45, 7) is 0. The zero-order valence-electron chi connectivity index (χ0n) is 48.3. The Hall–Kier alpha value is -10.4. The minimum Gasteiger partial charge on any atom is -0.305 e. The molecule has 2 aromatic heterocycles. The first-order chi connectivity index (χ1) is 43.1. The van der Waals surface area contributed by atoms with Gasteiger partial charge in [0.15, 0.2) is 0 Å². The Morgan fingerprint density at radius 1 is 0.261 bits per heavy atom. The van der Waals surface area contributed by atoms with Crippen LogP contribution in [0.2, 0.25) is 0 Å². The van der Waals surface area contributed by atoms with E-state index in [1.165, 1.54) is 122 Å². The summed E-state index contributed by atoms with van der Waals surface area (Å²) >= 11 is 0. The molecule has 2 heterocycles. The van der Waals surface area contributed by atoms with Crippen LogP contribution in [0.4, 0.5) is 0 Å². The van der Waals surface area contributed by atoms with Crippen molar-refractivity contribution in [1.82, 2.24) is 9.97 Å². The number of hydrogen-bond acceptors (Lipinski definition) is 2. The minimum absolute atomic E-state index is 0. The van der Waals surface area contributed by atoms with Gasteiger partial charge in [0.1, 0.15) is 0 Å². The molecular weight excluding hydrogens is 1240 g/mol. The van der Waals surface area contributed by atoms with Crippen LogP contribution in [0.15, 0.2) is 328 Å². The van der Waals surface area contributed by atoms with Gasteiger partial charge in [0.25, 0.3) is 0 Å². The Labute approximate surface area is 529 Å². The number of aromatic nitrogens is 2. The predicted molar refractivity (Wildman–Crippen MR) is 361 cm³/mol.